The van der Waals surface area contributed by atoms with Crippen LogP contribution in [0, 0.1) is 5.92 Å². The first-order chi connectivity index (χ1) is 7.31. The average Bonchev–Trinajstić information content (AvgIpc) is 2.30. The lowest BCUT2D eigenvalue weighted by molar-refractivity contribution is 0.394. The number of aromatic nitrogens is 2. The highest BCUT2D eigenvalue weighted by atomic mass is 15.2. The van der Waals surface area contributed by atoms with E-state index < -0.39 is 0 Å². The number of piperidine rings is 1. The Kier molecular flexibility index (Phi) is 3.04. The number of anilines is 2. The van der Waals surface area contributed by atoms with E-state index in [9.17, 15) is 0 Å². The van der Waals surface area contributed by atoms with Crippen molar-refractivity contribution in [3.63, 3.8) is 0 Å². The summed E-state index contributed by atoms with van der Waals surface area (Å²) in [6.45, 7) is 4.40. The first-order valence-electron chi connectivity index (χ1n) is 5.61. The topological polar surface area (TPSA) is 55.0 Å². The Morgan fingerprint density at radius 2 is 2.20 bits per heavy atom. The molecule has 4 nitrogen and oxygen atoms in total. The lowest BCUT2D eigenvalue weighted by Gasteiger charge is -2.32. The van der Waals surface area contributed by atoms with Crippen molar-refractivity contribution in [3.05, 3.63) is 12.5 Å². The molecule has 0 spiro atoms. The van der Waals surface area contributed by atoms with Crippen LogP contribution in [0.25, 0.3) is 0 Å². The van der Waals surface area contributed by atoms with Gasteiger partial charge in [0.2, 0.25) is 0 Å². The van der Waals surface area contributed by atoms with E-state index in [-0.39, 0.29) is 0 Å². The summed E-state index contributed by atoms with van der Waals surface area (Å²) in [5, 5.41) is 0. The SMILES string of the molecule is CCC1CCN(c2ncncc2N)CC1. The Hall–Kier alpha value is -1.32. The lowest BCUT2D eigenvalue weighted by Crippen LogP contribution is -2.34. The van der Waals surface area contributed by atoms with Crippen molar-refractivity contribution in [2.24, 2.45) is 5.92 Å². The van der Waals surface area contributed by atoms with Crippen LogP contribution in [0.3, 0.4) is 0 Å². The predicted molar refractivity (Wildman–Crippen MR) is 61.7 cm³/mol. The number of hydrogen-bond acceptors (Lipinski definition) is 4. The summed E-state index contributed by atoms with van der Waals surface area (Å²) in [6.07, 6.45) is 7.03. The number of nitrogen functional groups attached to an aromatic ring is 1. The maximum absolute atomic E-state index is 5.85. The molecule has 82 valence electrons. The minimum Gasteiger partial charge on any atom is -0.394 e. The van der Waals surface area contributed by atoms with E-state index in [1.54, 1.807) is 12.5 Å². The molecule has 0 saturated carbocycles. The van der Waals surface area contributed by atoms with Gasteiger partial charge in [-0.15, -0.1) is 0 Å². The van der Waals surface area contributed by atoms with Gasteiger partial charge in [0.25, 0.3) is 0 Å². The Morgan fingerprint density at radius 3 is 2.80 bits per heavy atom. The minimum atomic E-state index is 0.687. The molecule has 1 aromatic rings. The monoisotopic (exact) mass is 206 g/mol. The molecule has 2 rings (SSSR count). The number of nitrogens with zero attached hydrogens (tertiary/aromatic N) is 3. The highest BCUT2D eigenvalue weighted by Crippen LogP contribution is 2.26. The first kappa shape index (κ1) is 10.2. The van der Waals surface area contributed by atoms with Crippen LogP contribution in [0.2, 0.25) is 0 Å². The van der Waals surface area contributed by atoms with E-state index >= 15 is 0 Å². The van der Waals surface area contributed by atoms with Gasteiger partial charge < -0.3 is 10.6 Å². The van der Waals surface area contributed by atoms with E-state index in [2.05, 4.69) is 21.8 Å². The van der Waals surface area contributed by atoms with Crippen LogP contribution in [0.15, 0.2) is 12.5 Å². The van der Waals surface area contributed by atoms with Crippen LogP contribution in [0.5, 0.6) is 0 Å². The second-order valence-electron chi connectivity index (χ2n) is 4.14. The third-order valence-electron chi connectivity index (χ3n) is 3.21. The van der Waals surface area contributed by atoms with Gasteiger partial charge in [0.05, 0.1) is 11.9 Å². The van der Waals surface area contributed by atoms with Gasteiger partial charge in [-0.25, -0.2) is 9.97 Å². The molecule has 0 aromatic carbocycles. The lowest BCUT2D eigenvalue weighted by atomic mass is 9.94. The molecule has 1 fully saturated rings. The Labute approximate surface area is 90.5 Å². The van der Waals surface area contributed by atoms with Crippen molar-refractivity contribution in [2.45, 2.75) is 26.2 Å². The van der Waals surface area contributed by atoms with Crippen molar-refractivity contribution in [1.82, 2.24) is 9.97 Å². The number of nitrogens with two attached hydrogens (primary N) is 1. The average molecular weight is 206 g/mol. The molecule has 1 aliphatic heterocycles. The minimum absolute atomic E-state index is 0.687. The molecule has 15 heavy (non-hydrogen) atoms. The molecule has 1 saturated heterocycles. The highest BCUT2D eigenvalue weighted by Gasteiger charge is 2.19. The van der Waals surface area contributed by atoms with Crippen LogP contribution in [0.4, 0.5) is 11.5 Å². The van der Waals surface area contributed by atoms with Gasteiger partial charge in [-0.05, 0) is 18.8 Å². The summed E-state index contributed by atoms with van der Waals surface area (Å²) in [5.41, 5.74) is 6.54. The predicted octanol–water partition coefficient (Wildman–Crippen LogP) is 1.69. The highest BCUT2D eigenvalue weighted by molar-refractivity contribution is 5.60. The van der Waals surface area contributed by atoms with Crippen LogP contribution in [-0.4, -0.2) is 23.1 Å². The standard InChI is InChI=1S/C11H18N4/c1-2-9-3-5-15(6-4-9)11-10(12)7-13-8-14-11/h7-9H,2-6,12H2,1H3. The van der Waals surface area contributed by atoms with Gasteiger partial charge in [0, 0.05) is 13.1 Å². The van der Waals surface area contributed by atoms with E-state index in [1.807, 2.05) is 0 Å². The van der Waals surface area contributed by atoms with Crippen LogP contribution < -0.4 is 10.6 Å². The molecule has 4 heteroatoms. The molecular weight excluding hydrogens is 188 g/mol. The second-order valence-corrected chi connectivity index (χ2v) is 4.14. The molecule has 2 heterocycles. The quantitative estimate of drug-likeness (QED) is 0.800. The summed E-state index contributed by atoms with van der Waals surface area (Å²) in [4.78, 5) is 10.4. The summed E-state index contributed by atoms with van der Waals surface area (Å²) < 4.78 is 0. The van der Waals surface area contributed by atoms with Gasteiger partial charge in [-0.3, -0.25) is 0 Å². The fraction of sp³-hybridized carbons (Fsp3) is 0.636. The Morgan fingerprint density at radius 1 is 1.47 bits per heavy atom. The van der Waals surface area contributed by atoms with Crippen molar-refractivity contribution >= 4 is 11.5 Å². The fourth-order valence-electron chi connectivity index (χ4n) is 2.15. The molecule has 1 aromatic heterocycles. The van der Waals surface area contributed by atoms with E-state index in [0.29, 0.717) is 5.69 Å². The van der Waals surface area contributed by atoms with E-state index in [1.165, 1.54) is 19.3 Å². The van der Waals surface area contributed by atoms with Crippen molar-refractivity contribution in [3.8, 4) is 0 Å². The smallest absolute Gasteiger partial charge is 0.155 e. The van der Waals surface area contributed by atoms with Crippen molar-refractivity contribution in [1.29, 1.82) is 0 Å². The number of rotatable bonds is 2. The van der Waals surface area contributed by atoms with Gasteiger partial charge in [0.15, 0.2) is 5.82 Å². The number of hydrogen-bond donors (Lipinski definition) is 1. The largest absolute Gasteiger partial charge is 0.394 e. The molecule has 0 amide bonds. The van der Waals surface area contributed by atoms with Crippen molar-refractivity contribution in [2.75, 3.05) is 23.7 Å². The third kappa shape index (κ3) is 2.19. The summed E-state index contributed by atoms with van der Waals surface area (Å²) in [7, 11) is 0. The van der Waals surface area contributed by atoms with Crippen molar-refractivity contribution < 1.29 is 0 Å². The molecule has 0 bridgehead atoms. The fourth-order valence-corrected chi connectivity index (χ4v) is 2.15. The molecule has 1 aliphatic rings. The van der Waals surface area contributed by atoms with E-state index in [0.717, 1.165) is 24.8 Å². The first-order valence-corrected chi connectivity index (χ1v) is 5.61. The van der Waals surface area contributed by atoms with Gasteiger partial charge >= 0.3 is 0 Å². The second kappa shape index (κ2) is 4.47. The maximum atomic E-state index is 5.85. The molecule has 0 atom stereocenters. The van der Waals surface area contributed by atoms with Crippen LogP contribution >= 0.6 is 0 Å². The molecule has 0 radical (unpaired) electrons. The molecule has 2 N–H and O–H groups in total. The summed E-state index contributed by atoms with van der Waals surface area (Å²) in [6, 6.07) is 0. The van der Waals surface area contributed by atoms with E-state index in [4.69, 9.17) is 5.73 Å². The molecule has 0 unspecified atom stereocenters. The summed E-state index contributed by atoms with van der Waals surface area (Å²) in [5.74, 6) is 1.78. The molecular formula is C11H18N4. The Bertz CT molecular complexity index is 318. The Balaban J connectivity index is 2.04. The maximum Gasteiger partial charge on any atom is 0.155 e. The van der Waals surface area contributed by atoms with Gasteiger partial charge in [0.1, 0.15) is 6.33 Å². The molecule has 0 aliphatic carbocycles. The zero-order chi connectivity index (χ0) is 10.7. The summed E-state index contributed by atoms with van der Waals surface area (Å²) >= 11 is 0. The van der Waals surface area contributed by atoms with Gasteiger partial charge in [-0.2, -0.15) is 0 Å². The third-order valence-corrected chi connectivity index (χ3v) is 3.21. The normalized spacial score (nSPS) is 18.1. The van der Waals surface area contributed by atoms with Gasteiger partial charge in [-0.1, -0.05) is 13.3 Å². The zero-order valence-electron chi connectivity index (χ0n) is 9.19. The zero-order valence-corrected chi connectivity index (χ0v) is 9.19. The van der Waals surface area contributed by atoms with Crippen LogP contribution in [-0.2, 0) is 0 Å². The van der Waals surface area contributed by atoms with Crippen LogP contribution in [0.1, 0.15) is 26.2 Å².